The molecule has 1 aliphatic heterocycles. The number of carbonyl (C=O) groups excluding carboxylic acids is 2. The first kappa shape index (κ1) is 21.0. The van der Waals surface area contributed by atoms with Crippen LogP contribution in [0.1, 0.15) is 70.7 Å². The molecule has 32 heavy (non-hydrogen) atoms. The lowest BCUT2D eigenvalue weighted by Crippen LogP contribution is -2.35. The Morgan fingerprint density at radius 3 is 2.56 bits per heavy atom. The van der Waals surface area contributed by atoms with Gasteiger partial charge in [0.1, 0.15) is 17.7 Å². The zero-order valence-electron chi connectivity index (χ0n) is 17.5. The maximum atomic E-state index is 13.4. The van der Waals surface area contributed by atoms with Gasteiger partial charge in [-0.05, 0) is 61.3 Å². The fourth-order valence-corrected chi connectivity index (χ4v) is 4.86. The SMILES string of the molecule is CCc1c(C(=O)NCc2ccc(F)c(Cl)c2)c(O)c(=O)n2c1C(=O)N(C1CC1)C2C1CC1. The quantitative estimate of drug-likeness (QED) is 0.692. The van der Waals surface area contributed by atoms with Crippen LogP contribution in [-0.4, -0.2) is 32.4 Å². The van der Waals surface area contributed by atoms with Crippen LogP contribution < -0.4 is 10.9 Å². The summed E-state index contributed by atoms with van der Waals surface area (Å²) in [5, 5.41) is 13.4. The molecule has 1 atom stereocenters. The van der Waals surface area contributed by atoms with Crippen LogP contribution in [0.15, 0.2) is 23.0 Å². The summed E-state index contributed by atoms with van der Waals surface area (Å²) in [6, 6.07) is 4.19. The summed E-state index contributed by atoms with van der Waals surface area (Å²) in [5.74, 6) is -1.91. The van der Waals surface area contributed by atoms with Crippen LogP contribution in [0.2, 0.25) is 5.02 Å². The molecule has 2 fully saturated rings. The Labute approximate surface area is 188 Å². The van der Waals surface area contributed by atoms with Gasteiger partial charge in [-0.3, -0.25) is 19.0 Å². The van der Waals surface area contributed by atoms with E-state index in [1.54, 1.807) is 11.8 Å². The van der Waals surface area contributed by atoms with Crippen molar-refractivity contribution in [3.05, 3.63) is 61.8 Å². The average Bonchev–Trinajstić information content (AvgIpc) is 3.69. The number of nitrogens with zero attached hydrogens (tertiary/aromatic N) is 2. The van der Waals surface area contributed by atoms with Crippen molar-refractivity contribution in [1.82, 2.24) is 14.8 Å². The number of aromatic nitrogens is 1. The fourth-order valence-electron chi connectivity index (χ4n) is 4.66. The summed E-state index contributed by atoms with van der Waals surface area (Å²) in [7, 11) is 0. The monoisotopic (exact) mass is 459 g/mol. The minimum Gasteiger partial charge on any atom is -0.502 e. The largest absolute Gasteiger partial charge is 0.502 e. The minimum absolute atomic E-state index is 0.0205. The molecule has 0 saturated heterocycles. The van der Waals surface area contributed by atoms with E-state index in [1.807, 2.05) is 0 Å². The number of aromatic hydroxyl groups is 1. The second-order valence-corrected chi connectivity index (χ2v) is 9.11. The van der Waals surface area contributed by atoms with E-state index in [1.165, 1.54) is 22.8 Å². The number of hydrogen-bond donors (Lipinski definition) is 2. The molecule has 1 aromatic heterocycles. The highest BCUT2D eigenvalue weighted by Crippen LogP contribution is 2.49. The third-order valence-electron chi connectivity index (χ3n) is 6.47. The second kappa shape index (κ2) is 7.62. The molecular weight excluding hydrogens is 437 g/mol. The van der Waals surface area contributed by atoms with Gasteiger partial charge in [-0.1, -0.05) is 24.6 Å². The molecule has 3 aliphatic rings. The Morgan fingerprint density at radius 1 is 1.25 bits per heavy atom. The number of nitrogens with one attached hydrogen (secondary N) is 1. The lowest BCUT2D eigenvalue weighted by atomic mass is 10.0. The number of halogens is 2. The zero-order chi connectivity index (χ0) is 22.7. The molecule has 7 nitrogen and oxygen atoms in total. The molecule has 1 unspecified atom stereocenters. The molecule has 0 spiro atoms. The number of fused-ring (bicyclic) bond motifs is 1. The van der Waals surface area contributed by atoms with Gasteiger partial charge in [0.15, 0.2) is 5.75 Å². The molecule has 2 saturated carbocycles. The van der Waals surface area contributed by atoms with Crippen molar-refractivity contribution in [2.75, 3.05) is 0 Å². The van der Waals surface area contributed by atoms with Crippen LogP contribution >= 0.6 is 11.6 Å². The molecule has 5 rings (SSSR count). The van der Waals surface area contributed by atoms with Crippen molar-refractivity contribution < 1.29 is 19.1 Å². The van der Waals surface area contributed by atoms with Gasteiger partial charge in [0.05, 0.1) is 10.6 Å². The van der Waals surface area contributed by atoms with Gasteiger partial charge in [-0.25, -0.2) is 4.39 Å². The molecule has 2 N–H and O–H groups in total. The molecule has 9 heteroatoms. The van der Waals surface area contributed by atoms with Crippen LogP contribution in [0.4, 0.5) is 4.39 Å². The van der Waals surface area contributed by atoms with Crippen molar-refractivity contribution in [2.45, 2.75) is 57.8 Å². The smallest absolute Gasteiger partial charge is 0.295 e. The first-order valence-electron chi connectivity index (χ1n) is 10.9. The molecule has 2 aliphatic carbocycles. The Balaban J connectivity index is 1.53. The molecular formula is C23H23ClFN3O4. The van der Waals surface area contributed by atoms with Gasteiger partial charge in [-0.2, -0.15) is 0 Å². The first-order valence-corrected chi connectivity index (χ1v) is 11.3. The predicted octanol–water partition coefficient (Wildman–Crippen LogP) is 3.37. The zero-order valence-corrected chi connectivity index (χ0v) is 18.3. The van der Waals surface area contributed by atoms with Crippen molar-refractivity contribution >= 4 is 23.4 Å². The molecule has 1 aromatic carbocycles. The van der Waals surface area contributed by atoms with E-state index in [2.05, 4.69) is 5.32 Å². The van der Waals surface area contributed by atoms with E-state index in [0.29, 0.717) is 17.5 Å². The van der Waals surface area contributed by atoms with E-state index >= 15 is 0 Å². The minimum atomic E-state index is -0.708. The van der Waals surface area contributed by atoms with Gasteiger partial charge in [0, 0.05) is 12.6 Å². The first-order chi connectivity index (χ1) is 15.3. The highest BCUT2D eigenvalue weighted by Gasteiger charge is 2.52. The van der Waals surface area contributed by atoms with E-state index in [0.717, 1.165) is 25.7 Å². The number of rotatable bonds is 6. The third kappa shape index (κ3) is 3.28. The highest BCUT2D eigenvalue weighted by molar-refractivity contribution is 6.30. The van der Waals surface area contributed by atoms with Gasteiger partial charge < -0.3 is 15.3 Å². The van der Waals surface area contributed by atoms with E-state index in [4.69, 9.17) is 11.6 Å². The molecule has 2 amide bonds. The summed E-state index contributed by atoms with van der Waals surface area (Å²) in [5.41, 5.74) is 0.271. The highest BCUT2D eigenvalue weighted by atomic mass is 35.5. The van der Waals surface area contributed by atoms with Crippen molar-refractivity contribution in [2.24, 2.45) is 5.92 Å². The predicted molar refractivity (Wildman–Crippen MR) is 115 cm³/mol. The van der Waals surface area contributed by atoms with E-state index < -0.39 is 23.0 Å². The molecule has 168 valence electrons. The van der Waals surface area contributed by atoms with Crippen LogP contribution in [-0.2, 0) is 13.0 Å². The maximum absolute atomic E-state index is 13.4. The summed E-state index contributed by atoms with van der Waals surface area (Å²) in [4.78, 5) is 41.4. The maximum Gasteiger partial charge on any atom is 0.295 e. The standard InChI is InChI=1S/C23H23ClFN3O4/c1-2-14-17(20(30)26-10-11-3-8-16(25)15(24)9-11)19(29)23(32)28-18(14)22(31)27(13-6-7-13)21(28)12-4-5-12/h3,8-9,12-13,21,29H,2,4-7,10H2,1H3,(H,26,30). The fraction of sp³-hybridized carbons (Fsp3) is 0.435. The number of benzene rings is 1. The molecule has 0 radical (unpaired) electrons. The van der Waals surface area contributed by atoms with Gasteiger partial charge in [0.2, 0.25) is 0 Å². The van der Waals surface area contributed by atoms with Gasteiger partial charge in [0.25, 0.3) is 17.4 Å². The molecule has 0 bridgehead atoms. The Kier molecular flexibility index (Phi) is 5.00. The van der Waals surface area contributed by atoms with Crippen LogP contribution in [0.25, 0.3) is 0 Å². The lowest BCUT2D eigenvalue weighted by Gasteiger charge is -2.25. The van der Waals surface area contributed by atoms with E-state index in [9.17, 15) is 23.9 Å². The van der Waals surface area contributed by atoms with Crippen LogP contribution in [0.5, 0.6) is 5.75 Å². The number of amides is 2. The Morgan fingerprint density at radius 2 is 1.97 bits per heavy atom. The lowest BCUT2D eigenvalue weighted by molar-refractivity contribution is 0.0644. The van der Waals surface area contributed by atoms with Gasteiger partial charge in [-0.15, -0.1) is 0 Å². The average molecular weight is 460 g/mol. The van der Waals surface area contributed by atoms with Gasteiger partial charge >= 0.3 is 0 Å². The number of carbonyl (C=O) groups is 2. The third-order valence-corrected chi connectivity index (χ3v) is 6.76. The topological polar surface area (TPSA) is 91.6 Å². The van der Waals surface area contributed by atoms with Crippen molar-refractivity contribution in [3.8, 4) is 5.75 Å². The summed E-state index contributed by atoms with van der Waals surface area (Å²) < 4.78 is 14.8. The van der Waals surface area contributed by atoms with E-state index in [-0.39, 0.29) is 46.9 Å². The van der Waals surface area contributed by atoms with Crippen molar-refractivity contribution in [1.29, 1.82) is 0 Å². The Bertz CT molecular complexity index is 1200. The number of hydrogen-bond acceptors (Lipinski definition) is 4. The molecule has 2 aromatic rings. The van der Waals surface area contributed by atoms with Crippen LogP contribution in [0.3, 0.4) is 0 Å². The second-order valence-electron chi connectivity index (χ2n) is 8.71. The normalized spacial score (nSPS) is 19.9. The summed E-state index contributed by atoms with van der Waals surface area (Å²) in [6.07, 6.45) is 3.58. The van der Waals surface area contributed by atoms with Crippen molar-refractivity contribution in [3.63, 3.8) is 0 Å². The van der Waals surface area contributed by atoms with Crippen LogP contribution in [0, 0.1) is 11.7 Å². The molecule has 2 heterocycles. The Hall–Kier alpha value is -2.87. The summed E-state index contributed by atoms with van der Waals surface area (Å²) in [6.45, 7) is 1.81. The number of pyridine rings is 1. The summed E-state index contributed by atoms with van der Waals surface area (Å²) >= 11 is 5.79.